The minimum atomic E-state index is 0.349. The van der Waals surface area contributed by atoms with Crippen LogP contribution in [0.1, 0.15) is 31.3 Å². The average molecular weight is 358 g/mol. The fraction of sp³-hybridized carbons (Fsp3) is 0.385. The molecule has 1 aromatic carbocycles. The summed E-state index contributed by atoms with van der Waals surface area (Å²) in [5.74, 6) is 0.837. The zero-order valence-corrected chi connectivity index (χ0v) is 14.3. The van der Waals surface area contributed by atoms with Gasteiger partial charge in [0.25, 0.3) is 0 Å². The number of aryl methyl sites for hydroxylation is 1. The quantitative estimate of drug-likeness (QED) is 0.858. The van der Waals surface area contributed by atoms with E-state index in [0.717, 1.165) is 21.2 Å². The molecule has 1 atom stereocenters. The molecular formula is C13H16BrN3S2. The maximum absolute atomic E-state index is 4.37. The van der Waals surface area contributed by atoms with Gasteiger partial charge in [-0.05, 0) is 49.6 Å². The van der Waals surface area contributed by atoms with Crippen molar-refractivity contribution in [3.63, 3.8) is 0 Å². The Kier molecular flexibility index (Phi) is 5.38. The van der Waals surface area contributed by atoms with Crippen molar-refractivity contribution in [3.8, 4) is 0 Å². The fourth-order valence-electron chi connectivity index (χ4n) is 1.76. The van der Waals surface area contributed by atoms with Crippen LogP contribution in [0.2, 0.25) is 0 Å². The summed E-state index contributed by atoms with van der Waals surface area (Å²) in [4.78, 5) is 5.54. The molecule has 102 valence electrons. The van der Waals surface area contributed by atoms with Gasteiger partial charge in [0.2, 0.25) is 0 Å². The lowest BCUT2D eigenvalue weighted by atomic mass is 10.1. The van der Waals surface area contributed by atoms with Gasteiger partial charge in [-0.3, -0.25) is 0 Å². The van der Waals surface area contributed by atoms with Crippen molar-refractivity contribution in [3.05, 3.63) is 34.1 Å². The van der Waals surface area contributed by atoms with Gasteiger partial charge in [-0.2, -0.15) is 4.37 Å². The van der Waals surface area contributed by atoms with Gasteiger partial charge in [-0.1, -0.05) is 40.7 Å². The number of hydrogen-bond acceptors (Lipinski definition) is 5. The lowest BCUT2D eigenvalue weighted by Crippen LogP contribution is -2.17. The molecule has 0 aliphatic rings. The maximum atomic E-state index is 4.37. The molecule has 3 nitrogen and oxygen atoms in total. The molecule has 1 heterocycles. The third-order valence-corrected chi connectivity index (χ3v) is 5.18. The van der Waals surface area contributed by atoms with Gasteiger partial charge < -0.3 is 5.32 Å². The largest absolute Gasteiger partial charge is 0.310 e. The van der Waals surface area contributed by atoms with E-state index in [1.54, 1.807) is 11.8 Å². The topological polar surface area (TPSA) is 37.8 Å². The highest BCUT2D eigenvalue weighted by Gasteiger charge is 2.10. The van der Waals surface area contributed by atoms with Gasteiger partial charge in [0, 0.05) is 15.4 Å². The number of nitrogens with zero attached hydrogens (tertiary/aromatic N) is 2. The van der Waals surface area contributed by atoms with Crippen LogP contribution in [0.15, 0.2) is 31.9 Å². The van der Waals surface area contributed by atoms with E-state index < -0.39 is 0 Å². The van der Waals surface area contributed by atoms with Crippen LogP contribution in [0, 0.1) is 6.92 Å². The van der Waals surface area contributed by atoms with E-state index in [1.165, 1.54) is 22.0 Å². The molecule has 19 heavy (non-hydrogen) atoms. The first-order valence-electron chi connectivity index (χ1n) is 6.11. The van der Waals surface area contributed by atoms with Crippen molar-refractivity contribution in [2.45, 2.75) is 36.0 Å². The van der Waals surface area contributed by atoms with Crippen LogP contribution in [0.3, 0.4) is 0 Å². The standard InChI is InChI=1S/C13H16BrN3S2/c1-4-15-8(2)11-6-5-10(7-12(11)14)18-13-16-9(3)17-19-13/h5-8,15H,4H2,1-3H3. The van der Waals surface area contributed by atoms with E-state index in [0.29, 0.717) is 6.04 Å². The SMILES string of the molecule is CCNC(C)c1ccc(Sc2nc(C)ns2)cc1Br. The van der Waals surface area contributed by atoms with E-state index in [4.69, 9.17) is 0 Å². The highest BCUT2D eigenvalue weighted by Crippen LogP contribution is 2.33. The minimum absolute atomic E-state index is 0.349. The molecular weight excluding hydrogens is 342 g/mol. The zero-order valence-electron chi connectivity index (χ0n) is 11.1. The molecule has 0 fully saturated rings. The molecule has 2 aromatic rings. The summed E-state index contributed by atoms with van der Waals surface area (Å²) in [5, 5.41) is 3.42. The second-order valence-electron chi connectivity index (χ2n) is 4.17. The van der Waals surface area contributed by atoms with Crippen LogP contribution in [0.4, 0.5) is 0 Å². The van der Waals surface area contributed by atoms with Gasteiger partial charge in [0.05, 0.1) is 0 Å². The van der Waals surface area contributed by atoms with E-state index >= 15 is 0 Å². The Bertz CT molecular complexity index is 557. The Morgan fingerprint density at radius 1 is 1.47 bits per heavy atom. The Balaban J connectivity index is 2.14. The Morgan fingerprint density at radius 2 is 2.26 bits per heavy atom. The van der Waals surface area contributed by atoms with Crippen molar-refractivity contribution in [2.24, 2.45) is 0 Å². The monoisotopic (exact) mass is 357 g/mol. The second-order valence-corrected chi connectivity index (χ2v) is 7.10. The molecule has 0 saturated carbocycles. The molecule has 0 saturated heterocycles. The van der Waals surface area contributed by atoms with Gasteiger partial charge in [-0.15, -0.1) is 0 Å². The molecule has 1 unspecified atom stereocenters. The van der Waals surface area contributed by atoms with Crippen LogP contribution >= 0.6 is 39.2 Å². The van der Waals surface area contributed by atoms with Crippen molar-refractivity contribution < 1.29 is 0 Å². The van der Waals surface area contributed by atoms with Crippen molar-refractivity contribution in [1.82, 2.24) is 14.7 Å². The highest BCUT2D eigenvalue weighted by atomic mass is 79.9. The fourth-order valence-corrected chi connectivity index (χ4v) is 4.30. The molecule has 6 heteroatoms. The van der Waals surface area contributed by atoms with Crippen LogP contribution in [0.25, 0.3) is 0 Å². The van der Waals surface area contributed by atoms with E-state index in [1.807, 2.05) is 6.92 Å². The summed E-state index contributed by atoms with van der Waals surface area (Å²) in [6.45, 7) is 7.17. The van der Waals surface area contributed by atoms with E-state index in [9.17, 15) is 0 Å². The summed E-state index contributed by atoms with van der Waals surface area (Å²) in [7, 11) is 0. The molecule has 0 amide bonds. The lowest BCUT2D eigenvalue weighted by Gasteiger charge is -2.15. The lowest BCUT2D eigenvalue weighted by molar-refractivity contribution is 0.595. The smallest absolute Gasteiger partial charge is 0.174 e. The maximum Gasteiger partial charge on any atom is 0.174 e. The molecule has 0 aliphatic carbocycles. The third-order valence-electron chi connectivity index (χ3n) is 2.66. The minimum Gasteiger partial charge on any atom is -0.310 e. The van der Waals surface area contributed by atoms with Gasteiger partial charge in [0.15, 0.2) is 4.34 Å². The Hall–Kier alpha value is -0.430. The van der Waals surface area contributed by atoms with Crippen molar-refractivity contribution in [1.29, 1.82) is 0 Å². The van der Waals surface area contributed by atoms with Crippen LogP contribution in [-0.4, -0.2) is 15.9 Å². The molecule has 1 aromatic heterocycles. The number of hydrogen-bond donors (Lipinski definition) is 1. The molecule has 0 bridgehead atoms. The number of nitrogens with one attached hydrogen (secondary N) is 1. The predicted molar refractivity (Wildman–Crippen MR) is 85.0 cm³/mol. The third kappa shape index (κ3) is 4.02. The normalized spacial score (nSPS) is 12.6. The first-order valence-corrected chi connectivity index (χ1v) is 8.49. The first kappa shape index (κ1) is 15.0. The average Bonchev–Trinajstić information content (AvgIpc) is 2.75. The van der Waals surface area contributed by atoms with Crippen LogP contribution in [0.5, 0.6) is 0 Å². The van der Waals surface area contributed by atoms with Gasteiger partial charge >= 0.3 is 0 Å². The van der Waals surface area contributed by atoms with Gasteiger partial charge in [0.1, 0.15) is 5.82 Å². The van der Waals surface area contributed by atoms with Crippen LogP contribution in [-0.2, 0) is 0 Å². The number of rotatable bonds is 5. The Morgan fingerprint density at radius 3 is 2.84 bits per heavy atom. The summed E-state index contributed by atoms with van der Waals surface area (Å²) in [6.07, 6.45) is 0. The van der Waals surface area contributed by atoms with E-state index in [-0.39, 0.29) is 0 Å². The molecule has 1 N–H and O–H groups in total. The molecule has 0 aliphatic heterocycles. The van der Waals surface area contributed by atoms with Gasteiger partial charge in [-0.25, -0.2) is 4.98 Å². The van der Waals surface area contributed by atoms with E-state index in [2.05, 4.69) is 62.7 Å². The second kappa shape index (κ2) is 6.83. The molecule has 0 spiro atoms. The summed E-state index contributed by atoms with van der Waals surface area (Å²) < 4.78 is 6.31. The molecule has 0 radical (unpaired) electrons. The Labute approximate surface area is 130 Å². The summed E-state index contributed by atoms with van der Waals surface area (Å²) in [5.41, 5.74) is 1.28. The number of benzene rings is 1. The predicted octanol–water partition coefficient (Wildman–Crippen LogP) is 4.43. The summed E-state index contributed by atoms with van der Waals surface area (Å²) >= 11 is 6.74. The van der Waals surface area contributed by atoms with Crippen molar-refractivity contribution in [2.75, 3.05) is 6.54 Å². The van der Waals surface area contributed by atoms with Crippen LogP contribution < -0.4 is 5.32 Å². The van der Waals surface area contributed by atoms with Crippen molar-refractivity contribution >= 4 is 39.2 Å². The number of aromatic nitrogens is 2. The zero-order chi connectivity index (χ0) is 13.8. The molecule has 2 rings (SSSR count). The number of halogens is 1. The highest BCUT2D eigenvalue weighted by molar-refractivity contribution is 9.10. The first-order chi connectivity index (χ1) is 9.10. The summed E-state index contributed by atoms with van der Waals surface area (Å²) in [6, 6.07) is 6.79.